The number of hydrogen-bond donors (Lipinski definition) is 4. The number of benzene rings is 4. The molecule has 68 heavy (non-hydrogen) atoms. The molecule has 6 aromatic rings. The second-order valence-corrected chi connectivity index (χ2v) is 21.4. The molecule has 0 radical (unpaired) electrons. The van der Waals surface area contributed by atoms with Crippen LogP contribution >= 0.6 is 90.4 Å². The first kappa shape index (κ1) is 54.0. The van der Waals surface area contributed by atoms with Crippen molar-refractivity contribution in [3.63, 3.8) is 0 Å². The zero-order chi connectivity index (χ0) is 48.7. The summed E-state index contributed by atoms with van der Waals surface area (Å²) >= 11 is 8.85. The minimum absolute atomic E-state index is 0.0624. The molecule has 0 aliphatic heterocycles. The highest BCUT2D eigenvalue weighted by Gasteiger charge is 2.26. The van der Waals surface area contributed by atoms with Gasteiger partial charge in [0.25, 0.3) is 0 Å². The van der Waals surface area contributed by atoms with Crippen LogP contribution in [0.5, 0.6) is 11.5 Å². The largest absolute Gasteiger partial charge is 0.487 e. The summed E-state index contributed by atoms with van der Waals surface area (Å²) in [5.41, 5.74) is 3.88. The zero-order valence-corrected chi connectivity index (χ0v) is 47.4. The van der Waals surface area contributed by atoms with Gasteiger partial charge in [-0.15, -0.1) is 0 Å². The van der Waals surface area contributed by atoms with Gasteiger partial charge in [-0.2, -0.15) is 0 Å². The molecule has 0 saturated heterocycles. The predicted molar refractivity (Wildman–Crippen MR) is 301 cm³/mol. The number of ketones is 2. The van der Waals surface area contributed by atoms with Crippen LogP contribution in [0.2, 0.25) is 0 Å². The molecule has 2 atom stereocenters. The topological polar surface area (TPSA) is 161 Å². The third-order valence-corrected chi connectivity index (χ3v) is 14.4. The lowest BCUT2D eigenvalue weighted by Crippen LogP contribution is -2.39. The first-order valence-corrected chi connectivity index (χ1v) is 27.5. The van der Waals surface area contributed by atoms with Crippen molar-refractivity contribution in [3.05, 3.63) is 121 Å². The number of aryl methyl sites for hydroxylation is 2. The Morgan fingerprint density at radius 3 is 1.29 bits per heavy atom. The molecule has 0 saturated carbocycles. The van der Waals surface area contributed by atoms with Gasteiger partial charge in [-0.25, -0.2) is 0 Å². The van der Waals surface area contributed by atoms with E-state index in [0.29, 0.717) is 72.8 Å². The number of rotatable bonds is 27. The highest BCUT2D eigenvalue weighted by molar-refractivity contribution is 14.1. The fourth-order valence-electron chi connectivity index (χ4n) is 7.71. The van der Waals surface area contributed by atoms with Crippen LogP contribution in [0.3, 0.4) is 0 Å². The van der Waals surface area contributed by atoms with Crippen LogP contribution in [0.25, 0.3) is 21.9 Å². The van der Waals surface area contributed by atoms with Crippen molar-refractivity contribution >= 4 is 136 Å². The van der Waals surface area contributed by atoms with E-state index in [1.165, 1.54) is 0 Å². The second kappa shape index (κ2) is 26.8. The maximum Gasteiger partial charge on any atom is 0.233 e. The van der Waals surface area contributed by atoms with E-state index >= 15 is 0 Å². The first-order valence-electron chi connectivity index (χ1n) is 23.2. The zero-order valence-electron chi connectivity index (χ0n) is 38.8. The molecule has 0 fully saturated rings. The fraction of sp³-hybridized carbons (Fsp3) is 0.385. The summed E-state index contributed by atoms with van der Waals surface area (Å²) in [5.74, 6) is 2.50. The van der Waals surface area contributed by atoms with Crippen molar-refractivity contribution in [3.8, 4) is 11.5 Å². The standard InChI is InChI=1S/C52H58I4N4O8/c1-5-7-17-43-47(35-15-9-11-19-41(35)67-43)49(63)33-23-37(53)51(38(54)24-33)65-31(3)27-57-29-45(61)59-21-13-14-22-60-46(62)30-58-28-32(4)66-52-39(55)25-34(26-40(52)56)50(64)48-36-16-10-12-20-42(36)68-44(48)18-8-6-2/h9-12,15-16,19-20,23-26,31-32,57-58H,5-8,13-14,17-18,21-22,27-30H2,1-4H3,(H,59,61)(H,60,62). The Morgan fingerprint density at radius 1 is 0.559 bits per heavy atom. The summed E-state index contributed by atoms with van der Waals surface area (Å²) < 4.78 is 28.1. The van der Waals surface area contributed by atoms with E-state index in [4.69, 9.17) is 18.3 Å². The van der Waals surface area contributed by atoms with E-state index < -0.39 is 0 Å². The Kier molecular flexibility index (Phi) is 21.3. The van der Waals surface area contributed by atoms with Gasteiger partial charge in [0, 0.05) is 60.9 Å². The molecule has 2 aromatic heterocycles. The SMILES string of the molecule is CCCCc1oc2ccccc2c1C(=O)c1cc(I)c(OC(C)CNCC(=O)NCCCCNC(=O)CNCC(C)Oc2c(I)cc(C(=O)c3c(CCCC)oc4ccccc34)cc2I)c(I)c1. The van der Waals surface area contributed by atoms with Gasteiger partial charge in [-0.3, -0.25) is 19.2 Å². The molecule has 4 aromatic carbocycles. The maximum atomic E-state index is 13.9. The van der Waals surface area contributed by atoms with Crippen molar-refractivity contribution in [2.75, 3.05) is 39.3 Å². The lowest BCUT2D eigenvalue weighted by Gasteiger charge is -2.18. The number of carbonyl (C=O) groups is 4. The van der Waals surface area contributed by atoms with Crippen molar-refractivity contribution in [2.24, 2.45) is 0 Å². The van der Waals surface area contributed by atoms with E-state index in [1.807, 2.05) is 86.6 Å². The lowest BCUT2D eigenvalue weighted by atomic mass is 9.98. The van der Waals surface area contributed by atoms with Crippen LogP contribution < -0.4 is 30.7 Å². The quantitative estimate of drug-likeness (QED) is 0.0222. The molecule has 0 aliphatic carbocycles. The normalized spacial score (nSPS) is 12.3. The Morgan fingerprint density at radius 2 is 0.926 bits per heavy atom. The van der Waals surface area contributed by atoms with Gasteiger partial charge < -0.3 is 39.6 Å². The summed E-state index contributed by atoms with van der Waals surface area (Å²) in [5, 5.41) is 13.9. The molecule has 362 valence electrons. The van der Waals surface area contributed by atoms with Gasteiger partial charge >= 0.3 is 0 Å². The van der Waals surface area contributed by atoms with Crippen molar-refractivity contribution in [2.45, 2.75) is 91.3 Å². The number of carbonyl (C=O) groups excluding carboxylic acids is 4. The van der Waals surface area contributed by atoms with Crippen LogP contribution in [0, 0.1) is 14.3 Å². The number of para-hydroxylation sites is 2. The van der Waals surface area contributed by atoms with E-state index in [0.717, 1.165) is 86.3 Å². The number of hydrogen-bond acceptors (Lipinski definition) is 10. The van der Waals surface area contributed by atoms with Crippen LogP contribution in [-0.4, -0.2) is 74.9 Å². The minimum atomic E-state index is -0.235. The highest BCUT2D eigenvalue weighted by atomic mass is 127. The minimum Gasteiger partial charge on any atom is -0.487 e. The Labute approximate surface area is 452 Å². The third kappa shape index (κ3) is 14.6. The van der Waals surface area contributed by atoms with Crippen LogP contribution in [0.1, 0.15) is 110 Å². The molecule has 0 bridgehead atoms. The molecule has 2 unspecified atom stereocenters. The van der Waals surface area contributed by atoms with Gasteiger partial charge in [0.15, 0.2) is 11.6 Å². The van der Waals surface area contributed by atoms with E-state index in [-0.39, 0.29) is 48.7 Å². The molecule has 2 amide bonds. The molecule has 6 rings (SSSR count). The number of furan rings is 2. The van der Waals surface area contributed by atoms with Crippen LogP contribution in [0.4, 0.5) is 0 Å². The maximum absolute atomic E-state index is 13.9. The Hall–Kier alpha value is -3.32. The predicted octanol–water partition coefficient (Wildman–Crippen LogP) is 11.2. The van der Waals surface area contributed by atoms with E-state index in [9.17, 15) is 19.2 Å². The van der Waals surface area contributed by atoms with E-state index in [2.05, 4.69) is 125 Å². The number of fused-ring (bicyclic) bond motifs is 2. The second-order valence-electron chi connectivity index (χ2n) is 16.7. The summed E-state index contributed by atoms with van der Waals surface area (Å²) in [6.45, 7) is 10.3. The van der Waals surface area contributed by atoms with Crippen molar-refractivity contribution in [1.29, 1.82) is 0 Å². The van der Waals surface area contributed by atoms with Crippen molar-refractivity contribution in [1.82, 2.24) is 21.3 Å². The summed E-state index contributed by atoms with van der Waals surface area (Å²) in [7, 11) is 0. The summed E-state index contributed by atoms with van der Waals surface area (Å²) in [6.07, 6.45) is 6.26. The molecule has 2 heterocycles. The summed E-state index contributed by atoms with van der Waals surface area (Å²) in [6, 6.07) is 22.8. The van der Waals surface area contributed by atoms with Gasteiger partial charge in [0.2, 0.25) is 11.8 Å². The lowest BCUT2D eigenvalue weighted by molar-refractivity contribution is -0.121. The van der Waals surface area contributed by atoms with Gasteiger partial charge in [0.1, 0.15) is 46.4 Å². The number of ether oxygens (including phenoxy) is 2. The van der Waals surface area contributed by atoms with E-state index in [1.54, 1.807) is 0 Å². The Balaban J connectivity index is 0.845. The molecule has 4 N–H and O–H groups in total. The van der Waals surface area contributed by atoms with Crippen molar-refractivity contribution < 1.29 is 37.5 Å². The number of unbranched alkanes of at least 4 members (excludes halogenated alkanes) is 3. The molecule has 0 aliphatic rings. The molecule has 16 heteroatoms. The smallest absolute Gasteiger partial charge is 0.233 e. The monoisotopic (exact) mass is 1370 g/mol. The Bertz CT molecular complexity index is 2490. The van der Waals surface area contributed by atoms with Gasteiger partial charge in [0.05, 0.1) is 38.5 Å². The summed E-state index contributed by atoms with van der Waals surface area (Å²) in [4.78, 5) is 52.9. The number of amides is 2. The number of nitrogens with one attached hydrogen (secondary N) is 4. The highest BCUT2D eigenvalue weighted by Crippen LogP contribution is 2.36. The third-order valence-electron chi connectivity index (χ3n) is 11.1. The molecular weight excluding hydrogens is 1320 g/mol. The van der Waals surface area contributed by atoms with Crippen LogP contribution in [0.15, 0.2) is 81.6 Å². The average molecular weight is 1370 g/mol. The first-order chi connectivity index (χ1) is 32.8. The van der Waals surface area contributed by atoms with Crippen LogP contribution in [-0.2, 0) is 22.4 Å². The molecule has 12 nitrogen and oxygen atoms in total. The molecular formula is C52H58I4N4O8. The van der Waals surface area contributed by atoms with Gasteiger partial charge in [-0.1, -0.05) is 63.1 Å². The van der Waals surface area contributed by atoms with Gasteiger partial charge in [-0.05, 0) is 166 Å². The number of halogens is 4. The molecule has 0 spiro atoms. The average Bonchev–Trinajstić information content (AvgIpc) is 3.88. The fourth-order valence-corrected chi connectivity index (χ4v) is 11.8.